The summed E-state index contributed by atoms with van der Waals surface area (Å²) in [4.78, 5) is 24.9. The number of hydrogen-bond donors (Lipinski definition) is 4. The summed E-state index contributed by atoms with van der Waals surface area (Å²) in [6.07, 6.45) is -5.47. The molecular formula is C27H35N2O11P. The number of aliphatic hydroxyl groups is 3. The Kier molecular flexibility index (Phi) is 10.4. The molecule has 2 aliphatic rings. The van der Waals surface area contributed by atoms with Crippen LogP contribution in [0.5, 0.6) is 11.5 Å². The van der Waals surface area contributed by atoms with Gasteiger partial charge in [-0.15, -0.1) is 0 Å². The molecule has 0 saturated carbocycles. The van der Waals surface area contributed by atoms with E-state index in [1.165, 1.54) is 30.8 Å². The van der Waals surface area contributed by atoms with Gasteiger partial charge in [0.15, 0.2) is 6.29 Å². The molecule has 13 nitrogen and oxygen atoms in total. The number of ether oxygens (including phenoxy) is 3. The molecule has 2 aliphatic heterocycles. The second kappa shape index (κ2) is 13.8. The van der Waals surface area contributed by atoms with Crippen LogP contribution in [-0.2, 0) is 34.8 Å². The van der Waals surface area contributed by atoms with Crippen molar-refractivity contribution >= 4 is 19.6 Å². The highest BCUT2D eigenvalue weighted by atomic mass is 31.2. The van der Waals surface area contributed by atoms with Crippen molar-refractivity contribution in [3.05, 3.63) is 60.2 Å². The van der Waals surface area contributed by atoms with Crippen LogP contribution in [0.25, 0.3) is 0 Å². The van der Waals surface area contributed by atoms with Gasteiger partial charge in [0.2, 0.25) is 5.91 Å². The van der Waals surface area contributed by atoms with Crippen LogP contribution < -0.4 is 14.6 Å². The molecule has 14 heteroatoms. The van der Waals surface area contributed by atoms with E-state index in [1.807, 2.05) is 18.2 Å². The molecule has 0 spiro atoms. The molecule has 2 aromatic rings. The lowest BCUT2D eigenvalue weighted by Gasteiger charge is -2.43. The van der Waals surface area contributed by atoms with Crippen LogP contribution in [0, 0.1) is 0 Å². The molecule has 4 N–H and O–H groups in total. The first-order valence-corrected chi connectivity index (χ1v) is 14.6. The molecule has 224 valence electrons. The highest BCUT2D eigenvalue weighted by Crippen LogP contribution is 2.57. The second-order valence-corrected chi connectivity index (χ2v) is 11.5. The lowest BCUT2D eigenvalue weighted by atomic mass is 9.97. The minimum Gasteiger partial charge on any atom is -0.497 e. The van der Waals surface area contributed by atoms with Gasteiger partial charge < -0.3 is 39.4 Å². The van der Waals surface area contributed by atoms with E-state index in [9.17, 15) is 29.5 Å². The highest BCUT2D eigenvalue weighted by Gasteiger charge is 2.53. The number of esters is 1. The number of amides is 1. The Bertz CT molecular complexity index is 1220. The van der Waals surface area contributed by atoms with Gasteiger partial charge >= 0.3 is 13.7 Å². The molecule has 4 rings (SSSR count). The number of nitrogens with zero attached hydrogens (tertiary/aromatic N) is 1. The topological polar surface area (TPSA) is 173 Å². The number of carbonyl (C=O) groups is 2. The van der Waals surface area contributed by atoms with Crippen molar-refractivity contribution in [3.63, 3.8) is 0 Å². The summed E-state index contributed by atoms with van der Waals surface area (Å²) in [6, 6.07) is 12.9. The van der Waals surface area contributed by atoms with Crippen molar-refractivity contribution in [2.45, 2.75) is 63.1 Å². The summed E-state index contributed by atoms with van der Waals surface area (Å²) in [6.45, 7) is 0.591. The quantitative estimate of drug-likeness (QED) is 0.218. The van der Waals surface area contributed by atoms with Crippen molar-refractivity contribution in [2.75, 3.05) is 20.3 Å². The molecule has 2 fully saturated rings. The third-order valence-corrected chi connectivity index (χ3v) is 8.87. The minimum absolute atomic E-state index is 0.00651. The average Bonchev–Trinajstić information content (AvgIpc) is 3.47. The van der Waals surface area contributed by atoms with E-state index in [1.54, 1.807) is 24.3 Å². The summed E-state index contributed by atoms with van der Waals surface area (Å²) in [5.41, 5.74) is 0.773. The number of carbonyl (C=O) groups excluding carboxylic acids is 2. The number of aliphatic hydroxyl groups excluding tert-OH is 3. The SMILES string of the molecule is COc1ccc(OP(=O)(O[C@H]2[C@H](O)[C@@H](NC(C)=O)C(O)O[C@@H]2CO)N2CCC[C@H]2C(=O)OCc2ccccc2)cc1. The Labute approximate surface area is 237 Å². The molecule has 0 bridgehead atoms. The standard InChI is InChI=1S/C27H35N2O11P/c1-17(31)28-23-24(32)25(22(15-30)38-27(23)34)40-41(35,39-20-12-10-19(36-2)11-13-20)29-14-6-9-21(29)26(33)37-16-18-7-4-3-5-8-18/h3-5,7-8,10-13,21-25,27,30,32,34H,6,9,14-16H2,1-2H3,(H,28,31)/t21-,22+,23+,24+,25+,27?,41?/m0/s1. The summed E-state index contributed by atoms with van der Waals surface area (Å²) >= 11 is 0. The molecule has 41 heavy (non-hydrogen) atoms. The fourth-order valence-corrected chi connectivity index (χ4v) is 6.93. The van der Waals surface area contributed by atoms with E-state index in [0.717, 1.165) is 5.56 Å². The molecule has 1 amide bonds. The zero-order valence-corrected chi connectivity index (χ0v) is 23.6. The van der Waals surface area contributed by atoms with Crippen LogP contribution in [0.15, 0.2) is 54.6 Å². The minimum atomic E-state index is -4.51. The van der Waals surface area contributed by atoms with E-state index in [0.29, 0.717) is 18.6 Å². The van der Waals surface area contributed by atoms with Gasteiger partial charge in [-0.25, -0.2) is 4.57 Å². The van der Waals surface area contributed by atoms with Crippen LogP contribution in [0.4, 0.5) is 0 Å². The number of hydrogen-bond acceptors (Lipinski definition) is 11. The fraction of sp³-hybridized carbons (Fsp3) is 0.481. The highest BCUT2D eigenvalue weighted by molar-refractivity contribution is 7.51. The monoisotopic (exact) mass is 594 g/mol. The van der Waals surface area contributed by atoms with E-state index < -0.39 is 62.9 Å². The van der Waals surface area contributed by atoms with Gasteiger partial charge in [0.25, 0.3) is 0 Å². The molecule has 7 atom stereocenters. The summed E-state index contributed by atoms with van der Waals surface area (Å²) in [5.74, 6) is -0.585. The maximum absolute atomic E-state index is 14.7. The molecule has 2 saturated heterocycles. The van der Waals surface area contributed by atoms with E-state index >= 15 is 0 Å². The zero-order valence-electron chi connectivity index (χ0n) is 22.7. The largest absolute Gasteiger partial charge is 0.497 e. The van der Waals surface area contributed by atoms with Gasteiger partial charge in [0, 0.05) is 13.5 Å². The van der Waals surface area contributed by atoms with E-state index in [2.05, 4.69) is 5.32 Å². The van der Waals surface area contributed by atoms with Gasteiger partial charge in [-0.05, 0) is 42.7 Å². The van der Waals surface area contributed by atoms with Gasteiger partial charge in [-0.1, -0.05) is 30.3 Å². The predicted octanol–water partition coefficient (Wildman–Crippen LogP) is 1.35. The van der Waals surface area contributed by atoms with Crippen molar-refractivity contribution in [1.29, 1.82) is 0 Å². The Morgan fingerprint density at radius 2 is 1.78 bits per heavy atom. The molecular weight excluding hydrogens is 559 g/mol. The van der Waals surface area contributed by atoms with Crippen LogP contribution in [0.3, 0.4) is 0 Å². The van der Waals surface area contributed by atoms with Gasteiger partial charge in [-0.3, -0.25) is 14.1 Å². The molecule has 2 aromatic carbocycles. The zero-order chi connectivity index (χ0) is 29.6. The van der Waals surface area contributed by atoms with Crippen molar-refractivity contribution < 1.29 is 52.7 Å². The third kappa shape index (κ3) is 7.44. The number of nitrogens with one attached hydrogen (secondary N) is 1. The predicted molar refractivity (Wildman–Crippen MR) is 144 cm³/mol. The van der Waals surface area contributed by atoms with Crippen LogP contribution in [0.2, 0.25) is 0 Å². The third-order valence-electron chi connectivity index (χ3n) is 6.81. The van der Waals surface area contributed by atoms with Crippen molar-refractivity contribution in [3.8, 4) is 11.5 Å². The lowest BCUT2D eigenvalue weighted by Crippen LogP contribution is -2.64. The molecule has 2 unspecified atom stereocenters. The first-order chi connectivity index (χ1) is 19.6. The van der Waals surface area contributed by atoms with E-state index in [4.69, 9.17) is 23.3 Å². The summed E-state index contributed by atoms with van der Waals surface area (Å²) < 4.78 is 43.9. The normalized spacial score (nSPS) is 27.9. The average molecular weight is 595 g/mol. The Hall–Kier alpha value is -3.03. The van der Waals surface area contributed by atoms with Crippen LogP contribution >= 0.6 is 7.75 Å². The smallest absolute Gasteiger partial charge is 0.462 e. The van der Waals surface area contributed by atoms with Gasteiger partial charge in [0.1, 0.15) is 48.5 Å². The Morgan fingerprint density at radius 3 is 2.41 bits per heavy atom. The van der Waals surface area contributed by atoms with Crippen molar-refractivity contribution in [2.24, 2.45) is 0 Å². The molecule has 0 aromatic heterocycles. The first-order valence-electron chi connectivity index (χ1n) is 13.1. The summed E-state index contributed by atoms with van der Waals surface area (Å²) in [5, 5.41) is 33.7. The Balaban J connectivity index is 1.63. The summed E-state index contributed by atoms with van der Waals surface area (Å²) in [7, 11) is -3.02. The van der Waals surface area contributed by atoms with Gasteiger partial charge in [-0.2, -0.15) is 4.67 Å². The van der Waals surface area contributed by atoms with E-state index in [-0.39, 0.29) is 18.9 Å². The van der Waals surface area contributed by atoms with Crippen molar-refractivity contribution in [1.82, 2.24) is 9.99 Å². The van der Waals surface area contributed by atoms with Crippen LogP contribution in [0.1, 0.15) is 25.3 Å². The van der Waals surface area contributed by atoms with Gasteiger partial charge in [0.05, 0.1) is 13.7 Å². The Morgan fingerprint density at radius 1 is 1.10 bits per heavy atom. The number of benzene rings is 2. The second-order valence-electron chi connectivity index (χ2n) is 9.68. The maximum Gasteiger partial charge on any atom is 0.462 e. The molecule has 0 aliphatic carbocycles. The molecule has 0 radical (unpaired) electrons. The van der Waals surface area contributed by atoms with Crippen LogP contribution in [-0.4, -0.2) is 88.8 Å². The fourth-order valence-electron chi connectivity index (χ4n) is 4.77. The lowest BCUT2D eigenvalue weighted by molar-refractivity contribution is -0.250. The number of rotatable bonds is 11. The first kappa shape index (κ1) is 30.9. The maximum atomic E-state index is 14.7. The molecule has 2 heterocycles. The number of methoxy groups -OCH3 is 1.